The number of fused-ring (bicyclic) bond motifs is 1. The molecule has 5 heteroatoms. The molecule has 27 heavy (non-hydrogen) atoms. The standard InChI is InChI=1S/C22H28O5/c1-22(2,3)19(23)12-15-10-11-16-17(14-8-6-5-7-9-14)13-18(20(24)25-4)27-21(16)26-15/h5-9,13,15-17,21H,10-12H2,1-4H3/t15-,16-,17-,21-/m1/s1. The molecule has 0 radical (unpaired) electrons. The van der Waals surface area contributed by atoms with E-state index in [4.69, 9.17) is 14.2 Å². The van der Waals surface area contributed by atoms with Gasteiger partial charge in [-0.1, -0.05) is 51.1 Å². The fourth-order valence-electron chi connectivity index (χ4n) is 3.69. The van der Waals surface area contributed by atoms with Crippen LogP contribution in [0.4, 0.5) is 0 Å². The summed E-state index contributed by atoms with van der Waals surface area (Å²) >= 11 is 0. The molecule has 1 saturated heterocycles. The number of allylic oxidation sites excluding steroid dienone is 1. The number of rotatable bonds is 4. The van der Waals surface area contributed by atoms with Crippen molar-refractivity contribution in [2.45, 2.75) is 58.3 Å². The van der Waals surface area contributed by atoms with Crippen molar-refractivity contribution in [1.29, 1.82) is 0 Å². The SMILES string of the molecule is COC(=O)C1=C[C@H](c2ccccc2)[C@H]2CC[C@H](CC(=O)C(C)(C)C)O[C@@H]2O1. The zero-order valence-corrected chi connectivity index (χ0v) is 16.4. The molecule has 4 atom stereocenters. The molecule has 0 spiro atoms. The third-order valence-electron chi connectivity index (χ3n) is 5.35. The Hall–Kier alpha value is -2.14. The van der Waals surface area contributed by atoms with E-state index in [9.17, 15) is 9.59 Å². The van der Waals surface area contributed by atoms with E-state index in [2.05, 4.69) is 0 Å². The summed E-state index contributed by atoms with van der Waals surface area (Å²) in [6.07, 6.45) is 3.14. The van der Waals surface area contributed by atoms with E-state index in [-0.39, 0.29) is 29.5 Å². The van der Waals surface area contributed by atoms with Crippen molar-refractivity contribution in [1.82, 2.24) is 0 Å². The van der Waals surface area contributed by atoms with Crippen molar-refractivity contribution >= 4 is 11.8 Å². The molecule has 3 rings (SSSR count). The first-order valence-electron chi connectivity index (χ1n) is 9.50. The van der Waals surface area contributed by atoms with Crippen molar-refractivity contribution in [3.05, 3.63) is 47.7 Å². The van der Waals surface area contributed by atoms with Crippen LogP contribution in [0, 0.1) is 11.3 Å². The summed E-state index contributed by atoms with van der Waals surface area (Å²) in [5.41, 5.74) is 0.724. The van der Waals surface area contributed by atoms with Crippen molar-refractivity contribution < 1.29 is 23.8 Å². The van der Waals surface area contributed by atoms with E-state index in [1.165, 1.54) is 7.11 Å². The van der Waals surface area contributed by atoms with Gasteiger partial charge in [0.05, 0.1) is 13.2 Å². The van der Waals surface area contributed by atoms with Gasteiger partial charge in [-0.25, -0.2) is 4.79 Å². The normalized spacial score (nSPS) is 27.8. The topological polar surface area (TPSA) is 61.8 Å². The number of carbonyl (C=O) groups excluding carboxylic acids is 2. The second kappa shape index (κ2) is 7.85. The zero-order valence-electron chi connectivity index (χ0n) is 16.4. The third-order valence-corrected chi connectivity index (χ3v) is 5.35. The largest absolute Gasteiger partial charge is 0.463 e. The minimum atomic E-state index is -0.555. The van der Waals surface area contributed by atoms with E-state index in [0.29, 0.717) is 6.42 Å². The van der Waals surface area contributed by atoms with Gasteiger partial charge in [0.15, 0.2) is 0 Å². The van der Waals surface area contributed by atoms with Gasteiger partial charge in [0, 0.05) is 23.7 Å². The number of hydrogen-bond donors (Lipinski definition) is 0. The first-order valence-corrected chi connectivity index (χ1v) is 9.50. The average Bonchev–Trinajstić information content (AvgIpc) is 2.66. The molecule has 146 valence electrons. The summed E-state index contributed by atoms with van der Waals surface area (Å²) < 4.78 is 16.8. The van der Waals surface area contributed by atoms with Gasteiger partial charge in [0.2, 0.25) is 12.0 Å². The fourth-order valence-corrected chi connectivity index (χ4v) is 3.69. The van der Waals surface area contributed by atoms with E-state index >= 15 is 0 Å². The smallest absolute Gasteiger partial charge is 0.373 e. The number of hydrogen-bond acceptors (Lipinski definition) is 5. The maximum Gasteiger partial charge on any atom is 0.373 e. The van der Waals surface area contributed by atoms with Crippen molar-refractivity contribution in [3.63, 3.8) is 0 Å². The van der Waals surface area contributed by atoms with E-state index in [1.54, 1.807) is 0 Å². The van der Waals surface area contributed by atoms with Gasteiger partial charge in [0.25, 0.3) is 0 Å². The lowest BCUT2D eigenvalue weighted by Crippen LogP contribution is -2.43. The first kappa shape index (κ1) is 19.6. The molecule has 0 amide bonds. The Kier molecular flexibility index (Phi) is 5.70. The van der Waals surface area contributed by atoms with Gasteiger partial charge >= 0.3 is 5.97 Å². The van der Waals surface area contributed by atoms with Gasteiger partial charge in [-0.2, -0.15) is 0 Å². The lowest BCUT2D eigenvalue weighted by molar-refractivity contribution is -0.218. The number of esters is 1. The minimum Gasteiger partial charge on any atom is -0.463 e. The van der Waals surface area contributed by atoms with Crippen LogP contribution in [0.25, 0.3) is 0 Å². The molecule has 0 aliphatic carbocycles. The summed E-state index contributed by atoms with van der Waals surface area (Å²) in [6.45, 7) is 5.75. The predicted octanol–water partition coefficient (Wildman–Crippen LogP) is 3.98. The number of methoxy groups -OCH3 is 1. The molecule has 0 bridgehead atoms. The quantitative estimate of drug-likeness (QED) is 0.748. The van der Waals surface area contributed by atoms with Gasteiger partial charge < -0.3 is 14.2 Å². The molecular formula is C22H28O5. The van der Waals surface area contributed by atoms with Crippen LogP contribution in [0.5, 0.6) is 0 Å². The fraction of sp³-hybridized carbons (Fsp3) is 0.545. The molecule has 5 nitrogen and oxygen atoms in total. The van der Waals surface area contributed by atoms with Crippen LogP contribution in [-0.2, 0) is 23.8 Å². The second-order valence-electron chi connectivity index (χ2n) is 8.32. The highest BCUT2D eigenvalue weighted by Gasteiger charge is 2.43. The summed E-state index contributed by atoms with van der Waals surface area (Å²) in [4.78, 5) is 24.5. The van der Waals surface area contributed by atoms with Crippen LogP contribution in [-0.4, -0.2) is 31.3 Å². The zero-order chi connectivity index (χ0) is 19.6. The van der Waals surface area contributed by atoms with Crippen molar-refractivity contribution in [2.24, 2.45) is 11.3 Å². The Balaban J connectivity index is 1.81. The van der Waals surface area contributed by atoms with E-state index in [0.717, 1.165) is 18.4 Å². The molecular weight excluding hydrogens is 344 g/mol. The molecule has 1 aromatic carbocycles. The van der Waals surface area contributed by atoms with Crippen LogP contribution in [0.1, 0.15) is 51.5 Å². The lowest BCUT2D eigenvalue weighted by atomic mass is 9.78. The average molecular weight is 372 g/mol. The highest BCUT2D eigenvalue weighted by molar-refractivity contribution is 5.86. The van der Waals surface area contributed by atoms with Gasteiger partial charge in [-0.15, -0.1) is 0 Å². The maximum atomic E-state index is 12.4. The summed E-state index contributed by atoms with van der Waals surface area (Å²) in [5, 5.41) is 0. The predicted molar refractivity (Wildman–Crippen MR) is 101 cm³/mol. The first-order chi connectivity index (χ1) is 12.8. The number of benzene rings is 1. The lowest BCUT2D eigenvalue weighted by Gasteiger charge is -2.42. The second-order valence-corrected chi connectivity index (χ2v) is 8.32. The molecule has 0 aromatic heterocycles. The van der Waals surface area contributed by atoms with Gasteiger partial charge in [-0.05, 0) is 24.5 Å². The molecule has 0 unspecified atom stereocenters. The number of Topliss-reactive ketones (excluding diaryl/α,β-unsaturated/α-hetero) is 1. The summed E-state index contributed by atoms with van der Waals surface area (Å²) in [7, 11) is 1.34. The molecule has 1 aromatic rings. The Morgan fingerprint density at radius 3 is 2.48 bits per heavy atom. The van der Waals surface area contributed by atoms with Crippen LogP contribution >= 0.6 is 0 Å². The summed E-state index contributed by atoms with van der Waals surface area (Å²) in [5.74, 6) is -0.0495. The Bertz CT molecular complexity index is 716. The number of ketones is 1. The maximum absolute atomic E-state index is 12.4. The molecule has 2 aliphatic heterocycles. The van der Waals surface area contributed by atoms with Crippen LogP contribution < -0.4 is 0 Å². The third kappa shape index (κ3) is 4.41. The van der Waals surface area contributed by atoms with Crippen molar-refractivity contribution in [2.75, 3.05) is 7.11 Å². The monoisotopic (exact) mass is 372 g/mol. The molecule has 2 aliphatic rings. The Labute approximate surface area is 160 Å². The molecule has 0 saturated carbocycles. The van der Waals surface area contributed by atoms with E-state index in [1.807, 2.05) is 57.2 Å². The highest BCUT2D eigenvalue weighted by Crippen LogP contribution is 2.43. The van der Waals surface area contributed by atoms with Crippen molar-refractivity contribution in [3.8, 4) is 0 Å². The Morgan fingerprint density at radius 2 is 1.85 bits per heavy atom. The van der Waals surface area contributed by atoms with Gasteiger partial charge in [-0.3, -0.25) is 4.79 Å². The molecule has 0 N–H and O–H groups in total. The molecule has 2 heterocycles. The van der Waals surface area contributed by atoms with Crippen LogP contribution in [0.3, 0.4) is 0 Å². The van der Waals surface area contributed by atoms with Gasteiger partial charge in [0.1, 0.15) is 5.78 Å². The van der Waals surface area contributed by atoms with E-state index < -0.39 is 17.7 Å². The summed E-state index contributed by atoms with van der Waals surface area (Å²) in [6, 6.07) is 10.0. The minimum absolute atomic E-state index is 0.0123. The Morgan fingerprint density at radius 1 is 1.15 bits per heavy atom. The highest BCUT2D eigenvalue weighted by atomic mass is 16.7. The molecule has 1 fully saturated rings. The van der Waals surface area contributed by atoms with Crippen LogP contribution in [0.2, 0.25) is 0 Å². The number of ether oxygens (including phenoxy) is 3. The van der Waals surface area contributed by atoms with Crippen LogP contribution in [0.15, 0.2) is 42.2 Å². The number of carbonyl (C=O) groups is 2.